The van der Waals surface area contributed by atoms with Gasteiger partial charge in [-0.3, -0.25) is 4.79 Å². The molecular formula is C21H18ClNO4. The van der Waals surface area contributed by atoms with E-state index in [-0.39, 0.29) is 17.6 Å². The van der Waals surface area contributed by atoms with E-state index in [4.69, 9.17) is 20.8 Å². The molecule has 0 saturated heterocycles. The molecule has 0 N–H and O–H groups in total. The van der Waals surface area contributed by atoms with Gasteiger partial charge in [0.05, 0.1) is 6.54 Å². The molecule has 0 fully saturated rings. The quantitative estimate of drug-likeness (QED) is 0.620. The number of carbonyl (C=O) groups is 1. The van der Waals surface area contributed by atoms with Crippen LogP contribution in [0.25, 0.3) is 11.0 Å². The van der Waals surface area contributed by atoms with E-state index in [2.05, 4.69) is 0 Å². The van der Waals surface area contributed by atoms with Crippen molar-refractivity contribution in [1.82, 2.24) is 4.90 Å². The first-order chi connectivity index (χ1) is 13.0. The van der Waals surface area contributed by atoms with Crippen LogP contribution in [0.3, 0.4) is 0 Å². The van der Waals surface area contributed by atoms with Gasteiger partial charge in [0.1, 0.15) is 23.0 Å². The van der Waals surface area contributed by atoms with Gasteiger partial charge in [0, 0.05) is 22.5 Å². The average Bonchev–Trinajstić information content (AvgIpc) is 2.85. The summed E-state index contributed by atoms with van der Waals surface area (Å²) in [5, 5.41) is 1.30. The van der Waals surface area contributed by atoms with Crippen LogP contribution in [0.15, 0.2) is 57.7 Å². The number of para-hydroxylation sites is 1. The molecule has 1 atom stereocenters. The molecule has 1 amide bonds. The normalized spacial score (nSPS) is 16.5. The van der Waals surface area contributed by atoms with Crippen molar-refractivity contribution >= 4 is 28.5 Å². The fraction of sp³-hybridized carbons (Fsp3) is 0.238. The maximum absolute atomic E-state index is 13.1. The van der Waals surface area contributed by atoms with E-state index in [9.17, 15) is 9.59 Å². The average molecular weight is 384 g/mol. The summed E-state index contributed by atoms with van der Waals surface area (Å²) in [5.41, 5.74) is 0.716. The summed E-state index contributed by atoms with van der Waals surface area (Å²) in [4.78, 5) is 27.2. The van der Waals surface area contributed by atoms with Crippen molar-refractivity contribution in [3.05, 3.63) is 75.1 Å². The van der Waals surface area contributed by atoms with Crippen molar-refractivity contribution in [2.24, 2.45) is 0 Å². The molecule has 1 aliphatic heterocycles. The Bertz CT molecular complexity index is 1080. The summed E-state index contributed by atoms with van der Waals surface area (Å²) in [6.07, 6.45) is 0.545. The number of rotatable bonds is 2. The van der Waals surface area contributed by atoms with Crippen molar-refractivity contribution in [3.8, 4) is 5.75 Å². The molecule has 0 saturated carbocycles. The van der Waals surface area contributed by atoms with Crippen molar-refractivity contribution in [3.63, 3.8) is 0 Å². The van der Waals surface area contributed by atoms with Crippen LogP contribution in [0.5, 0.6) is 5.75 Å². The molecule has 4 rings (SSSR count). The molecule has 6 heteroatoms. The molecule has 1 unspecified atom stereocenters. The topological polar surface area (TPSA) is 59.8 Å². The molecule has 2 heterocycles. The Morgan fingerprint density at radius 1 is 1.22 bits per heavy atom. The lowest BCUT2D eigenvalue weighted by molar-refractivity contribution is 0.0670. The van der Waals surface area contributed by atoms with Gasteiger partial charge in [-0.25, -0.2) is 4.79 Å². The van der Waals surface area contributed by atoms with Gasteiger partial charge in [0.2, 0.25) is 0 Å². The van der Waals surface area contributed by atoms with Crippen molar-refractivity contribution in [1.29, 1.82) is 0 Å². The maximum atomic E-state index is 13.1. The van der Waals surface area contributed by atoms with Crippen LogP contribution in [-0.4, -0.2) is 23.5 Å². The summed E-state index contributed by atoms with van der Waals surface area (Å²) in [6.45, 7) is 2.72. The first-order valence-electron chi connectivity index (χ1n) is 8.82. The molecule has 1 aliphatic rings. The van der Waals surface area contributed by atoms with Crippen LogP contribution in [-0.2, 0) is 6.54 Å². The number of carbonyl (C=O) groups excluding carboxylic acids is 1. The SMILES string of the molecule is CCC1CN(C(=O)c2cc3ccccc3oc2=O)Cc2ccc(Cl)cc2O1. The fourth-order valence-electron chi connectivity index (χ4n) is 3.25. The van der Waals surface area contributed by atoms with Gasteiger partial charge in [0.15, 0.2) is 0 Å². The molecule has 3 aromatic rings. The number of nitrogens with zero attached hydrogens (tertiary/aromatic N) is 1. The predicted octanol–water partition coefficient (Wildman–Crippen LogP) is 4.26. The van der Waals surface area contributed by atoms with Gasteiger partial charge < -0.3 is 14.1 Å². The number of benzene rings is 2. The molecule has 0 aliphatic carbocycles. The Labute approximate surface area is 161 Å². The zero-order chi connectivity index (χ0) is 19.0. The van der Waals surface area contributed by atoms with Crippen molar-refractivity contribution in [2.75, 3.05) is 6.54 Å². The van der Waals surface area contributed by atoms with Crippen molar-refractivity contribution < 1.29 is 13.9 Å². The number of ether oxygens (including phenoxy) is 1. The Kier molecular flexibility index (Phi) is 4.62. The maximum Gasteiger partial charge on any atom is 0.349 e. The summed E-state index contributed by atoms with van der Waals surface area (Å²) in [7, 11) is 0. The number of fused-ring (bicyclic) bond motifs is 2. The summed E-state index contributed by atoms with van der Waals surface area (Å²) in [6, 6.07) is 14.1. The fourth-order valence-corrected chi connectivity index (χ4v) is 3.41. The molecular weight excluding hydrogens is 366 g/mol. The standard InChI is InChI=1S/C21H18ClNO4/c1-2-16-12-23(11-14-7-8-15(22)10-19(14)26-16)20(24)17-9-13-5-3-4-6-18(13)27-21(17)25/h3-10,16H,2,11-12H2,1H3. The van der Waals surface area contributed by atoms with E-state index in [1.165, 1.54) is 0 Å². The monoisotopic (exact) mass is 383 g/mol. The second kappa shape index (κ2) is 7.08. The van der Waals surface area contributed by atoms with E-state index in [0.717, 1.165) is 12.0 Å². The van der Waals surface area contributed by atoms with Crippen molar-refractivity contribution in [2.45, 2.75) is 26.0 Å². The zero-order valence-electron chi connectivity index (χ0n) is 14.8. The van der Waals surface area contributed by atoms with E-state index in [0.29, 0.717) is 34.8 Å². The highest BCUT2D eigenvalue weighted by Gasteiger charge is 2.28. The second-order valence-corrected chi connectivity index (χ2v) is 7.01. The predicted molar refractivity (Wildman–Crippen MR) is 103 cm³/mol. The van der Waals surface area contributed by atoms with E-state index < -0.39 is 5.63 Å². The first-order valence-corrected chi connectivity index (χ1v) is 9.20. The summed E-state index contributed by atoms with van der Waals surface area (Å²) >= 11 is 6.08. The zero-order valence-corrected chi connectivity index (χ0v) is 15.5. The smallest absolute Gasteiger partial charge is 0.349 e. The van der Waals surface area contributed by atoms with Crippen LogP contribution in [0.2, 0.25) is 5.02 Å². The van der Waals surface area contributed by atoms with Gasteiger partial charge in [-0.2, -0.15) is 0 Å². The molecule has 0 bridgehead atoms. The Balaban J connectivity index is 1.73. The minimum Gasteiger partial charge on any atom is -0.488 e. The molecule has 0 spiro atoms. The number of hydrogen-bond donors (Lipinski definition) is 0. The largest absolute Gasteiger partial charge is 0.488 e. The van der Waals surface area contributed by atoms with Crippen LogP contribution in [0.1, 0.15) is 29.3 Å². The molecule has 2 aromatic carbocycles. The van der Waals surface area contributed by atoms with Gasteiger partial charge in [-0.05, 0) is 30.7 Å². The molecule has 1 aromatic heterocycles. The number of amides is 1. The van der Waals surface area contributed by atoms with E-state index >= 15 is 0 Å². The first kappa shape index (κ1) is 17.6. The third kappa shape index (κ3) is 3.43. The third-order valence-electron chi connectivity index (χ3n) is 4.72. The van der Waals surface area contributed by atoms with E-state index in [1.54, 1.807) is 35.2 Å². The molecule has 138 valence electrons. The van der Waals surface area contributed by atoms with Gasteiger partial charge >= 0.3 is 5.63 Å². The lowest BCUT2D eigenvalue weighted by Crippen LogP contribution is -2.38. The van der Waals surface area contributed by atoms with Crippen LogP contribution >= 0.6 is 11.6 Å². The third-order valence-corrected chi connectivity index (χ3v) is 4.96. The van der Waals surface area contributed by atoms with E-state index in [1.807, 2.05) is 25.1 Å². The van der Waals surface area contributed by atoms with Crippen LogP contribution in [0, 0.1) is 0 Å². The van der Waals surface area contributed by atoms with Crippen LogP contribution < -0.4 is 10.4 Å². The van der Waals surface area contributed by atoms with Gasteiger partial charge in [-0.15, -0.1) is 0 Å². The lowest BCUT2D eigenvalue weighted by Gasteiger charge is -2.23. The van der Waals surface area contributed by atoms with Gasteiger partial charge in [0.25, 0.3) is 5.91 Å². The molecule has 5 nitrogen and oxygen atoms in total. The lowest BCUT2D eigenvalue weighted by atomic mass is 10.1. The highest BCUT2D eigenvalue weighted by molar-refractivity contribution is 6.30. The Hall–Kier alpha value is -2.79. The van der Waals surface area contributed by atoms with Gasteiger partial charge in [-0.1, -0.05) is 42.8 Å². The number of halogens is 1. The Morgan fingerprint density at radius 2 is 2.04 bits per heavy atom. The molecule has 27 heavy (non-hydrogen) atoms. The highest BCUT2D eigenvalue weighted by Crippen LogP contribution is 2.29. The number of hydrogen-bond acceptors (Lipinski definition) is 4. The second-order valence-electron chi connectivity index (χ2n) is 6.57. The minimum atomic E-state index is -0.631. The minimum absolute atomic E-state index is 0.0287. The summed E-state index contributed by atoms with van der Waals surface area (Å²) in [5.74, 6) is 0.314. The summed E-state index contributed by atoms with van der Waals surface area (Å²) < 4.78 is 11.3. The Morgan fingerprint density at radius 3 is 2.85 bits per heavy atom. The molecule has 0 radical (unpaired) electrons. The highest BCUT2D eigenvalue weighted by atomic mass is 35.5. The van der Waals surface area contributed by atoms with Crippen LogP contribution in [0.4, 0.5) is 0 Å².